The first-order chi connectivity index (χ1) is 14.1. The number of aromatic nitrogens is 1. The topological polar surface area (TPSA) is 54.5 Å². The molecule has 3 aromatic rings. The largest absolute Gasteiger partial charge is 0.496 e. The molecule has 5 nitrogen and oxygen atoms in total. The molecule has 1 aliphatic heterocycles. The van der Waals surface area contributed by atoms with Gasteiger partial charge in [-0.05, 0) is 53.8 Å². The summed E-state index contributed by atoms with van der Waals surface area (Å²) in [5.74, 6) is 0.650. The zero-order chi connectivity index (χ0) is 20.2. The summed E-state index contributed by atoms with van der Waals surface area (Å²) in [6.07, 6.45) is 4.56. The van der Waals surface area contributed by atoms with Crippen LogP contribution in [0.1, 0.15) is 32.6 Å². The summed E-state index contributed by atoms with van der Waals surface area (Å²) in [6, 6.07) is 15.9. The Morgan fingerprint density at radius 3 is 2.76 bits per heavy atom. The number of nitrogens with zero attached hydrogens (tertiary/aromatic N) is 2. The fourth-order valence-corrected chi connectivity index (χ4v) is 3.85. The Morgan fingerprint density at radius 1 is 1.17 bits per heavy atom. The van der Waals surface area contributed by atoms with E-state index in [4.69, 9.17) is 4.74 Å². The van der Waals surface area contributed by atoms with Crippen molar-refractivity contribution < 1.29 is 9.53 Å². The number of pyridine rings is 1. The summed E-state index contributed by atoms with van der Waals surface area (Å²) in [6.45, 7) is 4.64. The average molecular weight is 387 g/mol. The number of carbonyl (C=O) groups is 1. The zero-order valence-electron chi connectivity index (χ0n) is 16.8. The molecule has 1 amide bonds. The van der Waals surface area contributed by atoms with Gasteiger partial charge in [-0.25, -0.2) is 0 Å². The van der Waals surface area contributed by atoms with Crippen LogP contribution in [0.15, 0.2) is 60.9 Å². The van der Waals surface area contributed by atoms with Crippen LogP contribution in [0, 0.1) is 6.92 Å². The van der Waals surface area contributed by atoms with Crippen LogP contribution in [-0.2, 0) is 19.5 Å². The average Bonchev–Trinajstić information content (AvgIpc) is 2.74. The van der Waals surface area contributed by atoms with Crippen molar-refractivity contribution in [2.45, 2.75) is 26.4 Å². The maximum Gasteiger partial charge on any atom is 0.255 e. The molecule has 0 unspecified atom stereocenters. The number of anilines is 1. The van der Waals surface area contributed by atoms with Gasteiger partial charge in [0.25, 0.3) is 5.91 Å². The minimum atomic E-state index is -0.127. The van der Waals surface area contributed by atoms with Crippen LogP contribution in [0.3, 0.4) is 0 Å². The third-order valence-electron chi connectivity index (χ3n) is 5.37. The number of nitrogens with one attached hydrogen (secondary N) is 1. The Kier molecular flexibility index (Phi) is 5.58. The van der Waals surface area contributed by atoms with Gasteiger partial charge in [-0.2, -0.15) is 0 Å². The number of fused-ring (bicyclic) bond motifs is 1. The Hall–Kier alpha value is -3.18. The van der Waals surface area contributed by atoms with Crippen molar-refractivity contribution in [3.05, 3.63) is 88.7 Å². The highest BCUT2D eigenvalue weighted by Gasteiger charge is 2.20. The number of methoxy groups -OCH3 is 1. The van der Waals surface area contributed by atoms with Gasteiger partial charge >= 0.3 is 0 Å². The van der Waals surface area contributed by atoms with Gasteiger partial charge < -0.3 is 10.1 Å². The van der Waals surface area contributed by atoms with Gasteiger partial charge in [-0.15, -0.1) is 0 Å². The summed E-state index contributed by atoms with van der Waals surface area (Å²) in [4.78, 5) is 19.6. The molecule has 148 valence electrons. The van der Waals surface area contributed by atoms with Crippen molar-refractivity contribution in [2.24, 2.45) is 0 Å². The number of carbonyl (C=O) groups excluding carboxylic acids is 1. The monoisotopic (exact) mass is 387 g/mol. The van der Waals surface area contributed by atoms with Crippen LogP contribution in [0.5, 0.6) is 5.75 Å². The summed E-state index contributed by atoms with van der Waals surface area (Å²) >= 11 is 0. The van der Waals surface area contributed by atoms with Gasteiger partial charge in [0.1, 0.15) is 5.75 Å². The summed E-state index contributed by atoms with van der Waals surface area (Å²) in [5, 5.41) is 3.05. The van der Waals surface area contributed by atoms with E-state index in [0.29, 0.717) is 5.56 Å². The lowest BCUT2D eigenvalue weighted by molar-refractivity contribution is 0.102. The van der Waals surface area contributed by atoms with Gasteiger partial charge in [0.2, 0.25) is 0 Å². The van der Waals surface area contributed by atoms with E-state index in [0.717, 1.165) is 43.1 Å². The van der Waals surface area contributed by atoms with Gasteiger partial charge in [-0.1, -0.05) is 30.3 Å². The molecule has 5 heteroatoms. The van der Waals surface area contributed by atoms with Crippen LogP contribution in [-0.4, -0.2) is 29.4 Å². The Balaban J connectivity index is 1.49. The van der Waals surface area contributed by atoms with E-state index in [9.17, 15) is 4.79 Å². The highest BCUT2D eigenvalue weighted by atomic mass is 16.5. The van der Waals surface area contributed by atoms with Crippen LogP contribution in [0.25, 0.3) is 0 Å². The molecule has 29 heavy (non-hydrogen) atoms. The summed E-state index contributed by atoms with van der Waals surface area (Å²) < 4.78 is 5.28. The number of ether oxygens (including phenoxy) is 1. The van der Waals surface area contributed by atoms with Crippen molar-refractivity contribution >= 4 is 11.6 Å². The van der Waals surface area contributed by atoms with Gasteiger partial charge in [-0.3, -0.25) is 14.7 Å². The molecule has 1 aromatic heterocycles. The second-order valence-corrected chi connectivity index (χ2v) is 7.41. The molecule has 2 aromatic carbocycles. The SMILES string of the molecule is COc1ccc(C(=O)Nc2cncc3c2CCN(Cc2ccccc2)C3)cc1C. The second kappa shape index (κ2) is 8.45. The van der Waals surface area contributed by atoms with Gasteiger partial charge in [0.05, 0.1) is 19.0 Å². The lowest BCUT2D eigenvalue weighted by Crippen LogP contribution is -2.31. The molecule has 0 bridgehead atoms. The fraction of sp³-hybridized carbons (Fsp3) is 0.250. The molecule has 2 heterocycles. The van der Waals surface area contributed by atoms with Gasteiger partial charge in [0.15, 0.2) is 0 Å². The molecule has 0 aliphatic carbocycles. The van der Waals surface area contributed by atoms with Crippen molar-refractivity contribution in [3.63, 3.8) is 0 Å². The van der Waals surface area contributed by atoms with E-state index >= 15 is 0 Å². The molecule has 1 aliphatic rings. The van der Waals surface area contributed by atoms with E-state index in [1.165, 1.54) is 16.7 Å². The number of hydrogen-bond acceptors (Lipinski definition) is 4. The summed E-state index contributed by atoms with van der Waals surface area (Å²) in [7, 11) is 1.63. The summed E-state index contributed by atoms with van der Waals surface area (Å²) in [5.41, 5.74) is 6.02. The van der Waals surface area contributed by atoms with E-state index in [2.05, 4.69) is 39.5 Å². The van der Waals surface area contributed by atoms with E-state index in [1.807, 2.05) is 31.3 Å². The van der Waals surface area contributed by atoms with E-state index in [-0.39, 0.29) is 5.91 Å². The molecule has 4 rings (SSSR count). The number of amides is 1. The van der Waals surface area contributed by atoms with E-state index < -0.39 is 0 Å². The van der Waals surface area contributed by atoms with Crippen molar-refractivity contribution in [3.8, 4) is 5.75 Å². The Morgan fingerprint density at radius 2 is 2.00 bits per heavy atom. The first-order valence-corrected chi connectivity index (χ1v) is 9.82. The van der Waals surface area contributed by atoms with Crippen molar-refractivity contribution in [1.82, 2.24) is 9.88 Å². The Labute approximate surface area is 171 Å². The molecule has 0 saturated carbocycles. The number of benzene rings is 2. The fourth-order valence-electron chi connectivity index (χ4n) is 3.85. The van der Waals surface area contributed by atoms with Crippen molar-refractivity contribution in [1.29, 1.82) is 0 Å². The lowest BCUT2D eigenvalue weighted by atomic mass is 9.99. The minimum absolute atomic E-state index is 0.127. The molecular formula is C24H25N3O2. The molecule has 0 saturated heterocycles. The molecule has 0 atom stereocenters. The molecule has 0 spiro atoms. The third-order valence-corrected chi connectivity index (χ3v) is 5.37. The standard InChI is InChI=1S/C24H25N3O2/c1-17-12-19(8-9-23(17)29-2)24(28)26-22-14-25-13-20-16-27(11-10-21(20)22)15-18-6-4-3-5-7-18/h3-9,12-14H,10-11,15-16H2,1-2H3,(H,26,28). The highest BCUT2D eigenvalue weighted by Crippen LogP contribution is 2.27. The number of hydrogen-bond donors (Lipinski definition) is 1. The van der Waals surface area contributed by atoms with E-state index in [1.54, 1.807) is 19.4 Å². The molecule has 1 N–H and O–H groups in total. The maximum atomic E-state index is 12.8. The number of rotatable bonds is 5. The first kappa shape index (κ1) is 19.2. The predicted molar refractivity (Wildman–Crippen MR) is 114 cm³/mol. The molecule has 0 fully saturated rings. The smallest absolute Gasteiger partial charge is 0.255 e. The van der Waals surface area contributed by atoms with Crippen LogP contribution in [0.2, 0.25) is 0 Å². The Bertz CT molecular complexity index is 1020. The maximum absolute atomic E-state index is 12.8. The van der Waals surface area contributed by atoms with Crippen LogP contribution < -0.4 is 10.1 Å². The molecular weight excluding hydrogens is 362 g/mol. The number of aryl methyl sites for hydroxylation is 1. The van der Waals surface area contributed by atoms with Crippen LogP contribution in [0.4, 0.5) is 5.69 Å². The second-order valence-electron chi connectivity index (χ2n) is 7.41. The highest BCUT2D eigenvalue weighted by molar-refractivity contribution is 6.04. The van der Waals surface area contributed by atoms with Gasteiger partial charge in [0, 0.05) is 31.4 Å². The molecule has 0 radical (unpaired) electrons. The lowest BCUT2D eigenvalue weighted by Gasteiger charge is -2.29. The predicted octanol–water partition coefficient (Wildman–Crippen LogP) is 4.21. The minimum Gasteiger partial charge on any atom is -0.496 e. The first-order valence-electron chi connectivity index (χ1n) is 9.82. The quantitative estimate of drug-likeness (QED) is 0.713. The van der Waals surface area contributed by atoms with Crippen molar-refractivity contribution in [2.75, 3.05) is 19.0 Å². The normalized spacial score (nSPS) is 13.6. The van der Waals surface area contributed by atoms with Crippen LogP contribution >= 0.6 is 0 Å². The third kappa shape index (κ3) is 4.30. The zero-order valence-corrected chi connectivity index (χ0v) is 16.8.